The zero-order valence-corrected chi connectivity index (χ0v) is 13.1. The summed E-state index contributed by atoms with van der Waals surface area (Å²) in [6.07, 6.45) is 3.01. The summed E-state index contributed by atoms with van der Waals surface area (Å²) in [5, 5.41) is 6.44. The lowest BCUT2D eigenvalue weighted by molar-refractivity contribution is 0.440. The van der Waals surface area contributed by atoms with E-state index in [1.165, 1.54) is 18.5 Å². The number of nitrogens with zero attached hydrogens (tertiary/aromatic N) is 3. The second-order valence-electron chi connectivity index (χ2n) is 5.55. The molecule has 0 bridgehead atoms. The van der Waals surface area contributed by atoms with E-state index >= 15 is 0 Å². The molecule has 5 nitrogen and oxygen atoms in total. The van der Waals surface area contributed by atoms with Crippen LogP contribution in [-0.4, -0.2) is 28.0 Å². The normalized spacial score (nSPS) is 14.6. The molecule has 0 saturated carbocycles. The van der Waals surface area contributed by atoms with E-state index in [1.54, 1.807) is 6.20 Å². The minimum atomic E-state index is -1.09. The molecule has 2 aromatic heterocycles. The molecule has 0 unspecified atom stereocenters. The monoisotopic (exact) mass is 347 g/mol. The third-order valence-electron chi connectivity index (χ3n) is 4.03. The lowest BCUT2D eigenvalue weighted by Gasteiger charge is -2.26. The van der Waals surface area contributed by atoms with Gasteiger partial charge in [-0.05, 0) is 18.2 Å². The number of aromatic nitrogens is 3. The molecule has 1 aliphatic heterocycles. The Balaban J connectivity index is 1.77. The average Bonchev–Trinajstić information content (AvgIpc) is 2.54. The van der Waals surface area contributed by atoms with E-state index in [-0.39, 0.29) is 10.7 Å². The lowest BCUT2D eigenvalue weighted by atomic mass is 9.98. The number of hydrogen-bond acceptors (Lipinski definition) is 5. The van der Waals surface area contributed by atoms with Gasteiger partial charge in [-0.1, -0.05) is 11.6 Å². The Morgan fingerprint density at radius 2 is 1.96 bits per heavy atom. The molecule has 2 N–H and O–H groups in total. The van der Waals surface area contributed by atoms with Crippen LogP contribution in [0, 0.1) is 11.6 Å². The number of fused-ring (bicyclic) bond motifs is 1. The van der Waals surface area contributed by atoms with Crippen LogP contribution in [0.3, 0.4) is 0 Å². The largest absolute Gasteiger partial charge is 0.337 e. The molecule has 8 heteroatoms. The topological polar surface area (TPSA) is 62.7 Å². The quantitative estimate of drug-likeness (QED) is 0.711. The summed E-state index contributed by atoms with van der Waals surface area (Å²) in [6, 6.07) is 4.54. The van der Waals surface area contributed by atoms with Gasteiger partial charge in [0.05, 0.1) is 22.4 Å². The first-order valence-electron chi connectivity index (χ1n) is 7.35. The second kappa shape index (κ2) is 5.92. The highest BCUT2D eigenvalue weighted by Crippen LogP contribution is 2.29. The van der Waals surface area contributed by atoms with Crippen LogP contribution in [0.4, 0.5) is 20.3 Å². The maximum absolute atomic E-state index is 14.0. The Bertz CT molecular complexity index is 930. The van der Waals surface area contributed by atoms with Crippen LogP contribution in [0.5, 0.6) is 0 Å². The summed E-state index contributed by atoms with van der Waals surface area (Å²) in [6.45, 7) is 1.73. The fraction of sp³-hybridized carbons (Fsp3) is 0.188. The number of benzene rings is 1. The van der Waals surface area contributed by atoms with Gasteiger partial charge >= 0.3 is 0 Å². The smallest absolute Gasteiger partial charge is 0.183 e. The molecule has 1 fully saturated rings. The van der Waals surface area contributed by atoms with Crippen LogP contribution < -0.4 is 10.6 Å². The highest BCUT2D eigenvalue weighted by molar-refractivity contribution is 6.30. The van der Waals surface area contributed by atoms with Crippen molar-refractivity contribution in [3.05, 3.63) is 53.1 Å². The summed E-state index contributed by atoms with van der Waals surface area (Å²) in [7, 11) is 0. The van der Waals surface area contributed by atoms with Gasteiger partial charge in [-0.25, -0.2) is 18.7 Å². The summed E-state index contributed by atoms with van der Waals surface area (Å²) in [4.78, 5) is 12.7. The van der Waals surface area contributed by atoms with Gasteiger partial charge in [0.15, 0.2) is 11.6 Å². The molecule has 0 radical (unpaired) electrons. The first-order chi connectivity index (χ1) is 11.6. The van der Waals surface area contributed by atoms with E-state index in [2.05, 4.69) is 25.6 Å². The first-order valence-corrected chi connectivity index (χ1v) is 7.73. The van der Waals surface area contributed by atoms with Crippen LogP contribution in [0.2, 0.25) is 5.02 Å². The number of rotatable bonds is 3. The Hall–Kier alpha value is -2.38. The molecule has 0 atom stereocenters. The van der Waals surface area contributed by atoms with Gasteiger partial charge in [0.25, 0.3) is 0 Å². The third-order valence-corrected chi connectivity index (χ3v) is 4.32. The van der Waals surface area contributed by atoms with Gasteiger partial charge in [-0.3, -0.25) is 4.98 Å². The molecule has 1 saturated heterocycles. The molecule has 4 rings (SSSR count). The van der Waals surface area contributed by atoms with Crippen molar-refractivity contribution in [2.24, 2.45) is 0 Å². The Morgan fingerprint density at radius 3 is 2.71 bits per heavy atom. The van der Waals surface area contributed by atoms with Crippen molar-refractivity contribution >= 4 is 34.0 Å². The maximum atomic E-state index is 14.0. The number of pyridine rings is 1. The van der Waals surface area contributed by atoms with Crippen molar-refractivity contribution in [3.8, 4) is 0 Å². The second-order valence-corrected chi connectivity index (χ2v) is 5.96. The minimum Gasteiger partial charge on any atom is -0.337 e. The van der Waals surface area contributed by atoms with Crippen LogP contribution in [0.25, 0.3) is 10.9 Å². The first kappa shape index (κ1) is 15.2. The van der Waals surface area contributed by atoms with Gasteiger partial charge in [0.1, 0.15) is 12.1 Å². The SMILES string of the molecule is Fc1c(Cl)ccc(Nc2ncnc3cnc(C4CNC4)cc23)c1F. The highest BCUT2D eigenvalue weighted by atomic mass is 35.5. The molecule has 0 aliphatic carbocycles. The van der Waals surface area contributed by atoms with Crippen LogP contribution in [0.15, 0.2) is 30.7 Å². The standard InChI is InChI=1S/C16H12ClF2N5/c17-10-1-2-11(15(19)14(10)18)24-16-9-3-12(8-4-20-5-8)21-6-13(9)22-7-23-16/h1-3,6-8,20H,4-5H2,(H,22,23,24). The predicted molar refractivity (Wildman–Crippen MR) is 87.6 cm³/mol. The van der Waals surface area contributed by atoms with Crippen LogP contribution in [0.1, 0.15) is 11.6 Å². The van der Waals surface area contributed by atoms with Crippen molar-refractivity contribution in [2.45, 2.75) is 5.92 Å². The molecule has 24 heavy (non-hydrogen) atoms. The minimum absolute atomic E-state index is 0.0411. The van der Waals surface area contributed by atoms with E-state index in [0.29, 0.717) is 22.6 Å². The number of hydrogen-bond donors (Lipinski definition) is 2. The molecule has 0 amide bonds. The zero-order valence-electron chi connectivity index (χ0n) is 12.4. The van der Waals surface area contributed by atoms with E-state index in [0.717, 1.165) is 18.8 Å². The Morgan fingerprint density at radius 1 is 1.12 bits per heavy atom. The Labute approximate surface area is 141 Å². The van der Waals surface area contributed by atoms with Crippen molar-refractivity contribution < 1.29 is 8.78 Å². The van der Waals surface area contributed by atoms with E-state index in [9.17, 15) is 8.78 Å². The van der Waals surface area contributed by atoms with Crippen LogP contribution in [-0.2, 0) is 0 Å². The molecule has 1 aromatic carbocycles. The Kier molecular flexibility index (Phi) is 3.74. The van der Waals surface area contributed by atoms with E-state index in [1.807, 2.05) is 6.07 Å². The predicted octanol–water partition coefficient (Wildman–Crippen LogP) is 3.39. The van der Waals surface area contributed by atoms with Gasteiger partial charge in [-0.2, -0.15) is 0 Å². The molecular formula is C16H12ClF2N5. The highest BCUT2D eigenvalue weighted by Gasteiger charge is 2.21. The van der Waals surface area contributed by atoms with Gasteiger partial charge in [-0.15, -0.1) is 0 Å². The fourth-order valence-corrected chi connectivity index (χ4v) is 2.69. The number of nitrogens with one attached hydrogen (secondary N) is 2. The molecule has 122 valence electrons. The lowest BCUT2D eigenvalue weighted by Crippen LogP contribution is -2.40. The number of anilines is 2. The number of halogens is 3. The van der Waals surface area contributed by atoms with E-state index < -0.39 is 11.6 Å². The zero-order chi connectivity index (χ0) is 16.7. The maximum Gasteiger partial charge on any atom is 0.183 e. The molecule has 1 aliphatic rings. The summed E-state index contributed by atoms with van der Waals surface area (Å²) >= 11 is 5.58. The average molecular weight is 348 g/mol. The summed E-state index contributed by atoms with van der Waals surface area (Å²) in [5.41, 5.74) is 1.50. The van der Waals surface area contributed by atoms with Gasteiger partial charge in [0, 0.05) is 30.1 Å². The van der Waals surface area contributed by atoms with Crippen molar-refractivity contribution in [1.82, 2.24) is 20.3 Å². The molecule has 3 heterocycles. The summed E-state index contributed by atoms with van der Waals surface area (Å²) in [5.74, 6) is -1.42. The fourth-order valence-electron chi connectivity index (χ4n) is 2.55. The molecular weight excluding hydrogens is 336 g/mol. The summed E-state index contributed by atoms with van der Waals surface area (Å²) < 4.78 is 27.7. The van der Waals surface area contributed by atoms with Crippen molar-refractivity contribution in [3.63, 3.8) is 0 Å². The van der Waals surface area contributed by atoms with Crippen molar-refractivity contribution in [1.29, 1.82) is 0 Å². The van der Waals surface area contributed by atoms with Gasteiger partial charge in [0.2, 0.25) is 0 Å². The third kappa shape index (κ3) is 2.55. The van der Waals surface area contributed by atoms with Crippen molar-refractivity contribution in [2.75, 3.05) is 18.4 Å². The van der Waals surface area contributed by atoms with E-state index in [4.69, 9.17) is 11.6 Å². The molecule has 3 aromatic rings. The van der Waals surface area contributed by atoms with Gasteiger partial charge < -0.3 is 10.6 Å². The molecule has 0 spiro atoms. The van der Waals surface area contributed by atoms with Crippen LogP contribution >= 0.6 is 11.6 Å².